The molecule has 24 heavy (non-hydrogen) atoms. The van der Waals surface area contributed by atoms with Crippen molar-refractivity contribution in [2.24, 2.45) is 0 Å². The number of nitrogens with one attached hydrogen (secondary N) is 1. The van der Waals surface area contributed by atoms with Gasteiger partial charge in [-0.2, -0.15) is 4.98 Å². The van der Waals surface area contributed by atoms with Crippen molar-refractivity contribution in [2.75, 3.05) is 26.7 Å². The molecule has 0 bridgehead atoms. The first-order valence-electron chi connectivity index (χ1n) is 8.08. The Morgan fingerprint density at radius 3 is 3.08 bits per heavy atom. The van der Waals surface area contributed by atoms with Gasteiger partial charge in [0, 0.05) is 42.9 Å². The van der Waals surface area contributed by atoms with Crippen LogP contribution < -0.4 is 5.32 Å². The van der Waals surface area contributed by atoms with Crippen molar-refractivity contribution in [2.45, 2.75) is 6.04 Å². The van der Waals surface area contributed by atoms with Gasteiger partial charge >= 0.3 is 0 Å². The van der Waals surface area contributed by atoms with Crippen molar-refractivity contribution in [3.05, 3.63) is 53.8 Å². The Kier molecular flexibility index (Phi) is 4.06. The summed E-state index contributed by atoms with van der Waals surface area (Å²) in [6, 6.07) is 10.2. The summed E-state index contributed by atoms with van der Waals surface area (Å²) in [5.41, 5.74) is 2.00. The van der Waals surface area contributed by atoms with Crippen LogP contribution in [0, 0.1) is 0 Å². The topological polar surface area (TPSA) is 67.1 Å². The number of likely N-dealkylation sites (N-methyl/N-ethyl adjacent to an activating group) is 1. The van der Waals surface area contributed by atoms with Gasteiger partial charge in [0.15, 0.2) is 5.82 Å². The van der Waals surface area contributed by atoms with Gasteiger partial charge in [0.2, 0.25) is 0 Å². The summed E-state index contributed by atoms with van der Waals surface area (Å²) in [5, 5.41) is 8.60. The van der Waals surface area contributed by atoms with Gasteiger partial charge in [0.1, 0.15) is 0 Å². The van der Waals surface area contributed by atoms with Crippen LogP contribution in [0.2, 0.25) is 0 Å². The van der Waals surface area contributed by atoms with Gasteiger partial charge in [-0.15, -0.1) is 0 Å². The maximum absolute atomic E-state index is 5.38. The molecule has 1 N–H and O–H groups in total. The number of benzene rings is 1. The fourth-order valence-corrected chi connectivity index (χ4v) is 2.97. The lowest BCUT2D eigenvalue weighted by molar-refractivity contribution is 0.190. The lowest BCUT2D eigenvalue weighted by Crippen LogP contribution is -2.44. The molecule has 4 rings (SSSR count). The Bertz CT molecular complexity index is 867. The predicted molar refractivity (Wildman–Crippen MR) is 93.2 cm³/mol. The fourth-order valence-electron chi connectivity index (χ4n) is 2.97. The second-order valence-corrected chi connectivity index (χ2v) is 5.95. The van der Waals surface area contributed by atoms with E-state index in [1.807, 2.05) is 30.4 Å². The van der Waals surface area contributed by atoms with E-state index in [9.17, 15) is 0 Å². The molecule has 0 amide bonds. The van der Waals surface area contributed by atoms with Crippen LogP contribution in [0.1, 0.15) is 23.3 Å². The van der Waals surface area contributed by atoms with Crippen LogP contribution in [0.4, 0.5) is 0 Å². The first-order valence-corrected chi connectivity index (χ1v) is 8.08. The first kappa shape index (κ1) is 15.0. The molecule has 1 aromatic carbocycles. The molecule has 1 aliphatic rings. The zero-order chi connectivity index (χ0) is 16.4. The van der Waals surface area contributed by atoms with Gasteiger partial charge in [0.25, 0.3) is 5.89 Å². The van der Waals surface area contributed by atoms with E-state index in [1.54, 1.807) is 6.20 Å². The molecule has 3 aromatic rings. The third kappa shape index (κ3) is 2.93. The summed E-state index contributed by atoms with van der Waals surface area (Å²) >= 11 is 0. The number of rotatable bonds is 3. The van der Waals surface area contributed by atoms with Crippen LogP contribution in [0.3, 0.4) is 0 Å². The number of pyridine rings is 1. The highest BCUT2D eigenvalue weighted by Crippen LogP contribution is 2.20. The molecule has 1 saturated heterocycles. The van der Waals surface area contributed by atoms with Crippen LogP contribution in [0.15, 0.2) is 41.1 Å². The first-order chi connectivity index (χ1) is 11.8. The monoisotopic (exact) mass is 321 g/mol. The third-order valence-electron chi connectivity index (χ3n) is 4.34. The van der Waals surface area contributed by atoms with Crippen molar-refractivity contribution in [1.82, 2.24) is 25.3 Å². The number of fused-ring (bicyclic) bond motifs is 1. The van der Waals surface area contributed by atoms with E-state index >= 15 is 0 Å². The van der Waals surface area contributed by atoms with E-state index in [2.05, 4.69) is 44.5 Å². The highest BCUT2D eigenvalue weighted by molar-refractivity contribution is 5.89. The normalized spacial score (nSPS) is 19.3. The standard InChI is InChI=1S/C18H19N5O/c1-23-11-10-19-12-15(23)18-21-16(24-22-18)8-7-14-5-2-4-13-6-3-9-20-17(13)14/h2-9,15,19H,10-12H2,1H3/b8-7+. The Morgan fingerprint density at radius 2 is 2.17 bits per heavy atom. The summed E-state index contributed by atoms with van der Waals surface area (Å²) in [6.07, 6.45) is 5.61. The molecule has 6 heteroatoms. The zero-order valence-electron chi connectivity index (χ0n) is 13.5. The molecular formula is C18H19N5O. The molecule has 1 aliphatic heterocycles. The SMILES string of the molecule is CN1CCNCC1c1noc(/C=C/c2cccc3cccnc23)n1. The number of piperazine rings is 1. The molecule has 2 aromatic heterocycles. The predicted octanol–water partition coefficient (Wildman–Crippen LogP) is 2.36. The number of para-hydroxylation sites is 1. The average molecular weight is 321 g/mol. The molecule has 1 fully saturated rings. The van der Waals surface area contributed by atoms with Crippen LogP contribution in [-0.4, -0.2) is 46.7 Å². The lowest BCUT2D eigenvalue weighted by Gasteiger charge is -2.30. The largest absolute Gasteiger partial charge is 0.335 e. The van der Waals surface area contributed by atoms with Crippen molar-refractivity contribution in [3.63, 3.8) is 0 Å². The molecule has 1 unspecified atom stereocenters. The minimum atomic E-state index is 0.156. The summed E-state index contributed by atoms with van der Waals surface area (Å²) < 4.78 is 5.38. The van der Waals surface area contributed by atoms with Gasteiger partial charge in [-0.25, -0.2) is 0 Å². The van der Waals surface area contributed by atoms with Crippen LogP contribution >= 0.6 is 0 Å². The smallest absolute Gasteiger partial charge is 0.250 e. The second kappa shape index (κ2) is 6.51. The Labute approximate surface area is 140 Å². The van der Waals surface area contributed by atoms with E-state index < -0.39 is 0 Å². The van der Waals surface area contributed by atoms with Crippen molar-refractivity contribution < 1.29 is 4.52 Å². The molecule has 3 heterocycles. The van der Waals surface area contributed by atoms with E-state index in [0.717, 1.165) is 41.9 Å². The van der Waals surface area contributed by atoms with Crippen molar-refractivity contribution in [3.8, 4) is 0 Å². The van der Waals surface area contributed by atoms with Crippen LogP contribution in [0.5, 0.6) is 0 Å². The molecular weight excluding hydrogens is 302 g/mol. The maximum Gasteiger partial charge on any atom is 0.250 e. The van der Waals surface area contributed by atoms with E-state index in [1.165, 1.54) is 0 Å². The molecule has 6 nitrogen and oxygen atoms in total. The zero-order valence-corrected chi connectivity index (χ0v) is 13.5. The van der Waals surface area contributed by atoms with E-state index in [-0.39, 0.29) is 6.04 Å². The summed E-state index contributed by atoms with van der Waals surface area (Å²) in [7, 11) is 2.08. The Hall–Kier alpha value is -2.57. The molecule has 0 radical (unpaired) electrons. The fraction of sp³-hybridized carbons (Fsp3) is 0.278. The van der Waals surface area contributed by atoms with Crippen LogP contribution in [-0.2, 0) is 0 Å². The molecule has 0 aliphatic carbocycles. The summed E-state index contributed by atoms with van der Waals surface area (Å²) in [4.78, 5) is 11.2. The maximum atomic E-state index is 5.38. The second-order valence-electron chi connectivity index (χ2n) is 5.95. The van der Waals surface area contributed by atoms with Crippen molar-refractivity contribution >= 4 is 23.1 Å². The van der Waals surface area contributed by atoms with Gasteiger partial charge in [0.05, 0.1) is 11.6 Å². The minimum absolute atomic E-state index is 0.156. The van der Waals surface area contributed by atoms with Gasteiger partial charge in [-0.05, 0) is 19.2 Å². The number of aromatic nitrogens is 3. The lowest BCUT2D eigenvalue weighted by atomic mass is 10.1. The third-order valence-corrected chi connectivity index (χ3v) is 4.34. The quantitative estimate of drug-likeness (QED) is 0.799. The number of nitrogens with zero attached hydrogens (tertiary/aromatic N) is 4. The summed E-state index contributed by atoms with van der Waals surface area (Å²) in [6.45, 7) is 2.81. The van der Waals surface area contributed by atoms with Gasteiger partial charge in [-0.1, -0.05) is 29.4 Å². The Morgan fingerprint density at radius 1 is 1.25 bits per heavy atom. The average Bonchev–Trinajstić information content (AvgIpc) is 3.09. The molecule has 1 atom stereocenters. The van der Waals surface area contributed by atoms with Crippen LogP contribution in [0.25, 0.3) is 23.1 Å². The van der Waals surface area contributed by atoms with E-state index in [4.69, 9.17) is 4.52 Å². The van der Waals surface area contributed by atoms with Gasteiger partial charge in [-0.3, -0.25) is 9.88 Å². The summed E-state index contributed by atoms with van der Waals surface area (Å²) in [5.74, 6) is 1.23. The highest BCUT2D eigenvalue weighted by atomic mass is 16.5. The minimum Gasteiger partial charge on any atom is -0.335 e. The number of hydrogen-bond donors (Lipinski definition) is 1. The number of hydrogen-bond acceptors (Lipinski definition) is 6. The molecule has 122 valence electrons. The Balaban J connectivity index is 1.58. The molecule has 0 saturated carbocycles. The molecule has 0 spiro atoms. The van der Waals surface area contributed by atoms with Gasteiger partial charge < -0.3 is 9.84 Å². The van der Waals surface area contributed by atoms with E-state index in [0.29, 0.717) is 5.89 Å². The highest BCUT2D eigenvalue weighted by Gasteiger charge is 2.24. The van der Waals surface area contributed by atoms with Crippen molar-refractivity contribution in [1.29, 1.82) is 0 Å².